The van der Waals surface area contributed by atoms with Crippen LogP contribution in [0.25, 0.3) is 0 Å². The molecule has 104 valence electrons. The molecule has 0 saturated carbocycles. The summed E-state index contributed by atoms with van der Waals surface area (Å²) < 4.78 is 15.8. The molecule has 1 aromatic heterocycles. The fraction of sp³-hybridized carbons (Fsp3) is 0.200. The minimum Gasteiger partial charge on any atom is -0.490 e. The van der Waals surface area contributed by atoms with Gasteiger partial charge in [0.2, 0.25) is 6.79 Å². The molecule has 0 spiro atoms. The Morgan fingerprint density at radius 3 is 2.50 bits per heavy atom. The van der Waals surface area contributed by atoms with Crippen molar-refractivity contribution in [3.8, 4) is 11.5 Å². The number of aromatic nitrogens is 1. The van der Waals surface area contributed by atoms with E-state index in [4.69, 9.17) is 14.2 Å². The predicted octanol–water partition coefficient (Wildman–Crippen LogP) is 2.67. The monoisotopic (exact) mass is 273 g/mol. The van der Waals surface area contributed by atoms with E-state index in [0.29, 0.717) is 23.7 Å². The van der Waals surface area contributed by atoms with Crippen molar-refractivity contribution in [2.75, 3.05) is 13.4 Å². The number of ether oxygens (including phenoxy) is 3. The first-order chi connectivity index (χ1) is 9.81. The average molecular weight is 273 g/mol. The van der Waals surface area contributed by atoms with Gasteiger partial charge in [-0.05, 0) is 31.2 Å². The Kier molecular flexibility index (Phi) is 4.94. The van der Waals surface area contributed by atoms with Gasteiger partial charge in [0, 0.05) is 12.4 Å². The van der Waals surface area contributed by atoms with Crippen LogP contribution in [0.1, 0.15) is 17.3 Å². The summed E-state index contributed by atoms with van der Waals surface area (Å²) in [5, 5.41) is 0. The van der Waals surface area contributed by atoms with Crippen molar-refractivity contribution in [1.29, 1.82) is 0 Å². The van der Waals surface area contributed by atoms with Gasteiger partial charge in [0.1, 0.15) is 0 Å². The lowest BCUT2D eigenvalue weighted by Gasteiger charge is -2.11. The molecule has 0 unspecified atom stereocenters. The van der Waals surface area contributed by atoms with Gasteiger partial charge in [-0.1, -0.05) is 12.1 Å². The molecule has 20 heavy (non-hydrogen) atoms. The number of hydrogen-bond acceptors (Lipinski definition) is 5. The maximum absolute atomic E-state index is 11.7. The Labute approximate surface area is 117 Å². The quantitative estimate of drug-likeness (QED) is 0.598. The second-order valence-corrected chi connectivity index (χ2v) is 3.82. The molecule has 0 fully saturated rings. The number of carbonyl (C=O) groups excluding carboxylic acids is 1. The molecule has 0 amide bonds. The summed E-state index contributed by atoms with van der Waals surface area (Å²) in [5.41, 5.74) is 0.384. The topological polar surface area (TPSA) is 57.7 Å². The van der Waals surface area contributed by atoms with Crippen LogP contribution in [0.4, 0.5) is 0 Å². The number of esters is 1. The predicted molar refractivity (Wildman–Crippen MR) is 72.8 cm³/mol. The third kappa shape index (κ3) is 3.71. The smallest absolute Gasteiger partial charge is 0.342 e. The molecule has 0 radical (unpaired) electrons. The van der Waals surface area contributed by atoms with Gasteiger partial charge in [-0.25, -0.2) is 4.79 Å². The zero-order valence-electron chi connectivity index (χ0n) is 11.1. The SMILES string of the molecule is CCOc1ccccc1OCOC(=O)c1cccnc1. The minimum absolute atomic E-state index is 0.183. The number of benzene rings is 1. The molecule has 0 bridgehead atoms. The molecule has 1 aromatic carbocycles. The van der Waals surface area contributed by atoms with Gasteiger partial charge in [-0.2, -0.15) is 0 Å². The second kappa shape index (κ2) is 7.13. The van der Waals surface area contributed by atoms with Gasteiger partial charge >= 0.3 is 5.97 Å². The number of rotatable bonds is 6. The van der Waals surface area contributed by atoms with Crippen LogP contribution in [0.5, 0.6) is 11.5 Å². The van der Waals surface area contributed by atoms with E-state index in [9.17, 15) is 4.79 Å². The van der Waals surface area contributed by atoms with Crippen LogP contribution in [-0.4, -0.2) is 24.4 Å². The van der Waals surface area contributed by atoms with Crippen molar-refractivity contribution < 1.29 is 19.0 Å². The number of pyridine rings is 1. The first kappa shape index (κ1) is 13.9. The summed E-state index contributed by atoms with van der Waals surface area (Å²) in [5.74, 6) is 0.674. The van der Waals surface area contributed by atoms with Gasteiger partial charge in [-0.3, -0.25) is 4.98 Å². The van der Waals surface area contributed by atoms with E-state index < -0.39 is 5.97 Å². The van der Waals surface area contributed by atoms with Crippen LogP contribution < -0.4 is 9.47 Å². The van der Waals surface area contributed by atoms with Crippen molar-refractivity contribution in [2.45, 2.75) is 6.92 Å². The minimum atomic E-state index is -0.480. The van der Waals surface area contributed by atoms with Gasteiger partial charge in [0.05, 0.1) is 12.2 Å². The van der Waals surface area contributed by atoms with Gasteiger partial charge in [0.15, 0.2) is 11.5 Å². The van der Waals surface area contributed by atoms with Gasteiger partial charge in [-0.15, -0.1) is 0 Å². The van der Waals surface area contributed by atoms with Gasteiger partial charge < -0.3 is 14.2 Å². The van der Waals surface area contributed by atoms with Gasteiger partial charge in [0.25, 0.3) is 0 Å². The normalized spacial score (nSPS) is 9.85. The molecule has 0 atom stereocenters. The first-order valence-electron chi connectivity index (χ1n) is 6.23. The van der Waals surface area contributed by atoms with E-state index in [1.807, 2.05) is 19.1 Å². The lowest BCUT2D eigenvalue weighted by atomic mass is 10.3. The highest BCUT2D eigenvalue weighted by atomic mass is 16.7. The number of para-hydroxylation sites is 2. The van der Waals surface area contributed by atoms with Crippen LogP contribution in [0, 0.1) is 0 Å². The van der Waals surface area contributed by atoms with E-state index in [-0.39, 0.29) is 6.79 Å². The van der Waals surface area contributed by atoms with E-state index in [2.05, 4.69) is 4.98 Å². The van der Waals surface area contributed by atoms with E-state index in [1.54, 1.807) is 30.5 Å². The van der Waals surface area contributed by atoms with Crippen LogP contribution in [0.2, 0.25) is 0 Å². The van der Waals surface area contributed by atoms with E-state index >= 15 is 0 Å². The molecule has 0 aliphatic rings. The molecule has 0 N–H and O–H groups in total. The molecule has 1 heterocycles. The summed E-state index contributed by atoms with van der Waals surface area (Å²) in [6.07, 6.45) is 3.03. The fourth-order valence-corrected chi connectivity index (χ4v) is 1.56. The molecule has 0 aliphatic carbocycles. The van der Waals surface area contributed by atoms with Crippen LogP contribution in [0.3, 0.4) is 0 Å². The molecule has 2 rings (SSSR count). The summed E-state index contributed by atoms with van der Waals surface area (Å²) in [6.45, 7) is 2.24. The second-order valence-electron chi connectivity index (χ2n) is 3.82. The Balaban J connectivity index is 1.89. The summed E-state index contributed by atoms with van der Waals surface area (Å²) in [6, 6.07) is 10.5. The lowest BCUT2D eigenvalue weighted by Crippen LogP contribution is -2.11. The maximum Gasteiger partial charge on any atom is 0.342 e. The maximum atomic E-state index is 11.7. The molecule has 5 nitrogen and oxygen atoms in total. The van der Waals surface area contributed by atoms with Crippen molar-refractivity contribution >= 4 is 5.97 Å². The van der Waals surface area contributed by atoms with Crippen molar-refractivity contribution in [3.63, 3.8) is 0 Å². The Bertz CT molecular complexity index is 557. The lowest BCUT2D eigenvalue weighted by molar-refractivity contribution is 0.0145. The highest BCUT2D eigenvalue weighted by Crippen LogP contribution is 2.26. The number of carbonyl (C=O) groups is 1. The largest absolute Gasteiger partial charge is 0.490 e. The Hall–Kier alpha value is -2.56. The fourth-order valence-electron chi connectivity index (χ4n) is 1.56. The Morgan fingerprint density at radius 1 is 1.10 bits per heavy atom. The molecule has 5 heteroatoms. The molecular formula is C15H15NO4. The summed E-state index contributed by atoms with van der Waals surface area (Å²) in [7, 11) is 0. The first-order valence-corrected chi connectivity index (χ1v) is 6.23. The van der Waals surface area contributed by atoms with Crippen LogP contribution in [0.15, 0.2) is 48.8 Å². The van der Waals surface area contributed by atoms with Crippen LogP contribution in [-0.2, 0) is 4.74 Å². The summed E-state index contributed by atoms with van der Waals surface area (Å²) in [4.78, 5) is 15.5. The summed E-state index contributed by atoms with van der Waals surface area (Å²) >= 11 is 0. The zero-order chi connectivity index (χ0) is 14.2. The van der Waals surface area contributed by atoms with Crippen molar-refractivity contribution in [3.05, 3.63) is 54.4 Å². The van der Waals surface area contributed by atoms with Crippen LogP contribution >= 0.6 is 0 Å². The van der Waals surface area contributed by atoms with E-state index in [1.165, 1.54) is 6.20 Å². The van der Waals surface area contributed by atoms with Crippen molar-refractivity contribution in [1.82, 2.24) is 4.98 Å². The molecule has 0 saturated heterocycles. The van der Waals surface area contributed by atoms with E-state index in [0.717, 1.165) is 0 Å². The van der Waals surface area contributed by atoms with Crippen molar-refractivity contribution in [2.24, 2.45) is 0 Å². The third-order valence-corrected chi connectivity index (χ3v) is 2.45. The molecule has 2 aromatic rings. The average Bonchev–Trinajstić information content (AvgIpc) is 2.50. The Morgan fingerprint density at radius 2 is 1.85 bits per heavy atom. The molecule has 0 aliphatic heterocycles. The zero-order valence-corrected chi connectivity index (χ0v) is 11.1. The number of nitrogens with zero attached hydrogens (tertiary/aromatic N) is 1. The highest BCUT2D eigenvalue weighted by Gasteiger charge is 2.08. The molecular weight excluding hydrogens is 258 g/mol. The third-order valence-electron chi connectivity index (χ3n) is 2.45. The standard InChI is InChI=1S/C15H15NO4/c1-2-18-13-7-3-4-8-14(13)19-11-20-15(17)12-6-5-9-16-10-12/h3-10H,2,11H2,1H3. The number of hydrogen-bond donors (Lipinski definition) is 0. The highest BCUT2D eigenvalue weighted by molar-refractivity contribution is 5.88.